The molecule has 0 radical (unpaired) electrons. The third-order valence-electron chi connectivity index (χ3n) is 7.19. The van der Waals surface area contributed by atoms with E-state index < -0.39 is 5.60 Å². The summed E-state index contributed by atoms with van der Waals surface area (Å²) in [6, 6.07) is 13.4. The Morgan fingerprint density at radius 2 is 1.79 bits per heavy atom. The molecule has 176 valence electrons. The zero-order chi connectivity index (χ0) is 23.0. The Labute approximate surface area is 204 Å². The third-order valence-corrected chi connectivity index (χ3v) is 7.84. The van der Waals surface area contributed by atoms with Crippen molar-refractivity contribution in [3.63, 3.8) is 0 Å². The maximum atomic E-state index is 13.4. The molecule has 3 heterocycles. The van der Waals surface area contributed by atoms with E-state index in [1.807, 2.05) is 47.4 Å². The molecule has 0 bridgehead atoms. The van der Waals surface area contributed by atoms with Crippen molar-refractivity contribution in [3.05, 3.63) is 63.6 Å². The van der Waals surface area contributed by atoms with Crippen LogP contribution in [0.2, 0.25) is 10.0 Å². The number of hydrogen-bond acceptors (Lipinski definition) is 5. The smallest absolute Gasteiger partial charge is 0.255 e. The number of piperazine rings is 1. The Hall–Kier alpha value is -1.83. The Morgan fingerprint density at radius 1 is 1.03 bits per heavy atom. The molecule has 2 aromatic rings. The van der Waals surface area contributed by atoms with Gasteiger partial charge in [0.1, 0.15) is 5.60 Å². The van der Waals surface area contributed by atoms with Gasteiger partial charge in [-0.3, -0.25) is 9.69 Å². The van der Waals surface area contributed by atoms with Gasteiger partial charge in [-0.2, -0.15) is 0 Å². The number of rotatable bonds is 3. The Morgan fingerprint density at radius 3 is 2.55 bits per heavy atom. The number of amides is 1. The molecule has 2 aromatic carbocycles. The van der Waals surface area contributed by atoms with E-state index in [1.54, 1.807) is 0 Å². The van der Waals surface area contributed by atoms with Crippen LogP contribution >= 0.6 is 23.2 Å². The summed E-state index contributed by atoms with van der Waals surface area (Å²) in [6.07, 6.45) is 1.48. The predicted octanol–water partition coefficient (Wildman–Crippen LogP) is 3.64. The fraction of sp³-hybridized carbons (Fsp3) is 0.480. The summed E-state index contributed by atoms with van der Waals surface area (Å²) in [5, 5.41) is 12.5. The largest absolute Gasteiger partial charge is 0.384 e. The molecular formula is C25H29Cl2N3O3. The number of carbonyl (C=O) groups is 1. The number of ether oxygens (including phenoxy) is 1. The monoisotopic (exact) mass is 489 g/mol. The van der Waals surface area contributed by atoms with Crippen LogP contribution < -0.4 is 4.90 Å². The first-order valence-corrected chi connectivity index (χ1v) is 12.3. The molecule has 6 nitrogen and oxygen atoms in total. The maximum Gasteiger partial charge on any atom is 0.255 e. The average molecular weight is 490 g/mol. The predicted molar refractivity (Wildman–Crippen MR) is 130 cm³/mol. The molecule has 3 saturated heterocycles. The van der Waals surface area contributed by atoms with Crippen LogP contribution in [0.3, 0.4) is 0 Å². The molecule has 0 aliphatic carbocycles. The van der Waals surface area contributed by atoms with Crippen LogP contribution in [0.1, 0.15) is 28.8 Å². The Balaban J connectivity index is 1.27. The molecule has 3 aliphatic heterocycles. The fourth-order valence-corrected chi connectivity index (χ4v) is 5.73. The van der Waals surface area contributed by atoms with Gasteiger partial charge in [0.25, 0.3) is 5.91 Å². The van der Waals surface area contributed by atoms with Crippen LogP contribution in [-0.2, 0) is 10.3 Å². The number of hydrogen-bond donors (Lipinski definition) is 1. The second-order valence-electron chi connectivity index (χ2n) is 9.19. The van der Waals surface area contributed by atoms with E-state index in [1.165, 1.54) is 0 Å². The lowest BCUT2D eigenvalue weighted by molar-refractivity contribution is -0.0740. The Kier molecular flexibility index (Phi) is 6.56. The van der Waals surface area contributed by atoms with Gasteiger partial charge in [-0.05, 0) is 42.7 Å². The molecule has 8 heteroatoms. The van der Waals surface area contributed by atoms with Crippen LogP contribution in [0.15, 0.2) is 42.5 Å². The van der Waals surface area contributed by atoms with Crippen LogP contribution in [0, 0.1) is 0 Å². The van der Waals surface area contributed by atoms with Crippen molar-refractivity contribution in [2.24, 2.45) is 0 Å². The molecule has 5 rings (SSSR count). The number of anilines is 1. The highest BCUT2D eigenvalue weighted by Gasteiger charge is 2.42. The van der Waals surface area contributed by atoms with Gasteiger partial charge in [0.15, 0.2) is 0 Å². The van der Waals surface area contributed by atoms with Gasteiger partial charge in [0.2, 0.25) is 0 Å². The van der Waals surface area contributed by atoms with Crippen molar-refractivity contribution in [2.45, 2.75) is 24.5 Å². The van der Waals surface area contributed by atoms with Gasteiger partial charge in [0.05, 0.1) is 29.5 Å². The molecule has 0 aromatic heterocycles. The molecule has 1 N–H and O–H groups in total. The van der Waals surface area contributed by atoms with Gasteiger partial charge < -0.3 is 19.6 Å². The second-order valence-corrected chi connectivity index (χ2v) is 10.0. The lowest BCUT2D eigenvalue weighted by atomic mass is 9.82. The van der Waals surface area contributed by atoms with Crippen molar-refractivity contribution >= 4 is 34.8 Å². The molecule has 2 atom stereocenters. The zero-order valence-corrected chi connectivity index (χ0v) is 20.1. The van der Waals surface area contributed by atoms with Gasteiger partial charge in [-0.1, -0.05) is 41.4 Å². The van der Waals surface area contributed by atoms with E-state index in [4.69, 9.17) is 27.9 Å². The van der Waals surface area contributed by atoms with Crippen molar-refractivity contribution in [3.8, 4) is 0 Å². The number of carbonyl (C=O) groups excluding carboxylic acids is 1. The number of halogens is 2. The third kappa shape index (κ3) is 4.60. The summed E-state index contributed by atoms with van der Waals surface area (Å²) in [5.74, 6) is -0.0201. The molecular weight excluding hydrogens is 461 g/mol. The van der Waals surface area contributed by atoms with E-state index >= 15 is 0 Å². The SMILES string of the molecule is O=C(c1cccc(N2CCOCC2)c1Cl)N1CCN2C[C@@](O)(c3ccc(Cl)cc3)CC[C@@H]2C1. The van der Waals surface area contributed by atoms with E-state index in [0.29, 0.717) is 54.9 Å². The van der Waals surface area contributed by atoms with E-state index in [9.17, 15) is 9.90 Å². The number of benzene rings is 2. The number of nitrogens with zero attached hydrogens (tertiary/aromatic N) is 3. The Bertz CT molecular complexity index is 1010. The number of aliphatic hydroxyl groups is 1. The number of morpholine rings is 1. The lowest BCUT2D eigenvalue weighted by Gasteiger charge is -2.49. The zero-order valence-electron chi connectivity index (χ0n) is 18.6. The van der Waals surface area contributed by atoms with Crippen LogP contribution in [-0.4, -0.2) is 79.3 Å². The minimum atomic E-state index is -0.886. The highest BCUT2D eigenvalue weighted by molar-refractivity contribution is 6.36. The first-order valence-electron chi connectivity index (χ1n) is 11.6. The summed E-state index contributed by atoms with van der Waals surface area (Å²) in [6.45, 7) is 5.43. The van der Waals surface area contributed by atoms with Crippen molar-refractivity contribution in [1.82, 2.24) is 9.80 Å². The molecule has 0 spiro atoms. The molecule has 3 aliphatic rings. The van der Waals surface area contributed by atoms with Gasteiger partial charge >= 0.3 is 0 Å². The molecule has 3 fully saturated rings. The highest BCUT2D eigenvalue weighted by atomic mass is 35.5. The molecule has 0 unspecified atom stereocenters. The van der Waals surface area contributed by atoms with Crippen LogP contribution in [0.5, 0.6) is 0 Å². The van der Waals surface area contributed by atoms with Crippen molar-refractivity contribution in [1.29, 1.82) is 0 Å². The normalized spacial score (nSPS) is 26.2. The van der Waals surface area contributed by atoms with E-state index in [0.717, 1.165) is 37.3 Å². The van der Waals surface area contributed by atoms with Gasteiger partial charge in [-0.15, -0.1) is 0 Å². The topological polar surface area (TPSA) is 56.2 Å². The first-order chi connectivity index (χ1) is 15.9. The standard InChI is InChI=1S/C25H29Cl2N3O3/c26-19-6-4-18(5-7-19)25(32)9-8-20-16-29(10-11-30(20)17-25)24(31)21-2-1-3-22(23(21)27)28-12-14-33-15-13-28/h1-7,20,32H,8-17H2/t20-,25-/m1/s1. The second kappa shape index (κ2) is 9.43. The van der Waals surface area contributed by atoms with Crippen molar-refractivity contribution < 1.29 is 14.6 Å². The van der Waals surface area contributed by atoms with Crippen LogP contribution in [0.25, 0.3) is 0 Å². The summed E-state index contributed by atoms with van der Waals surface area (Å²) in [7, 11) is 0. The highest BCUT2D eigenvalue weighted by Crippen LogP contribution is 2.37. The van der Waals surface area contributed by atoms with Gasteiger partial charge in [0, 0.05) is 50.3 Å². The quantitative estimate of drug-likeness (QED) is 0.712. The van der Waals surface area contributed by atoms with Gasteiger partial charge in [-0.25, -0.2) is 0 Å². The van der Waals surface area contributed by atoms with Crippen LogP contribution in [0.4, 0.5) is 5.69 Å². The first kappa shape index (κ1) is 22.9. The minimum absolute atomic E-state index is 0.0201. The summed E-state index contributed by atoms with van der Waals surface area (Å²) < 4.78 is 5.44. The lowest BCUT2D eigenvalue weighted by Crippen LogP contribution is -2.60. The molecule has 0 saturated carbocycles. The summed E-state index contributed by atoms with van der Waals surface area (Å²) in [4.78, 5) is 19.8. The average Bonchev–Trinajstić information content (AvgIpc) is 2.84. The number of piperidine rings is 1. The molecule has 1 amide bonds. The van der Waals surface area contributed by atoms with E-state index in [-0.39, 0.29) is 11.9 Å². The fourth-order valence-electron chi connectivity index (χ4n) is 5.28. The van der Waals surface area contributed by atoms with E-state index in [2.05, 4.69) is 9.80 Å². The maximum absolute atomic E-state index is 13.4. The van der Waals surface area contributed by atoms with Crippen molar-refractivity contribution in [2.75, 3.05) is 57.4 Å². The number of fused-ring (bicyclic) bond motifs is 1. The molecule has 33 heavy (non-hydrogen) atoms. The minimum Gasteiger partial charge on any atom is -0.384 e. The summed E-state index contributed by atoms with van der Waals surface area (Å²) >= 11 is 12.7. The summed E-state index contributed by atoms with van der Waals surface area (Å²) in [5.41, 5.74) is 1.47.